The first kappa shape index (κ1) is 12.9. The van der Waals surface area contributed by atoms with E-state index in [1.165, 1.54) is 19.2 Å². The Hall–Kier alpha value is -2.56. The van der Waals surface area contributed by atoms with Gasteiger partial charge in [-0.15, -0.1) is 0 Å². The molecule has 0 atom stereocenters. The minimum Gasteiger partial charge on any atom is -0.497 e. The fourth-order valence-electron chi connectivity index (χ4n) is 1.77. The molecule has 0 spiro atoms. The molecule has 2 rings (SSSR count). The lowest BCUT2D eigenvalue weighted by Gasteiger charge is -2.11. The summed E-state index contributed by atoms with van der Waals surface area (Å²) >= 11 is 0. The van der Waals surface area contributed by atoms with Crippen molar-refractivity contribution < 1.29 is 19.0 Å². The number of rotatable bonds is 3. The maximum absolute atomic E-state index is 13.3. The molecule has 0 bridgehead atoms. The SMILES string of the molecule is COc1ccc(NC(=O)O)c(-c2cccc(F)c2)c1. The van der Waals surface area contributed by atoms with Crippen LogP contribution in [0.15, 0.2) is 42.5 Å². The Labute approximate surface area is 109 Å². The number of halogens is 1. The first-order chi connectivity index (χ1) is 9.10. The lowest BCUT2D eigenvalue weighted by atomic mass is 10.0. The van der Waals surface area contributed by atoms with Crippen LogP contribution in [0.1, 0.15) is 0 Å². The van der Waals surface area contributed by atoms with E-state index in [2.05, 4.69) is 5.32 Å². The largest absolute Gasteiger partial charge is 0.497 e. The number of hydrogen-bond acceptors (Lipinski definition) is 2. The Bertz CT molecular complexity index is 613. The first-order valence-corrected chi connectivity index (χ1v) is 5.54. The molecule has 4 nitrogen and oxygen atoms in total. The highest BCUT2D eigenvalue weighted by Gasteiger charge is 2.10. The molecule has 2 aromatic rings. The van der Waals surface area contributed by atoms with Gasteiger partial charge in [-0.25, -0.2) is 9.18 Å². The minimum atomic E-state index is -1.18. The van der Waals surface area contributed by atoms with Crippen molar-refractivity contribution in [2.45, 2.75) is 0 Å². The highest BCUT2D eigenvalue weighted by molar-refractivity contribution is 5.91. The third-order valence-electron chi connectivity index (χ3n) is 2.60. The fourth-order valence-corrected chi connectivity index (χ4v) is 1.77. The second-order valence-electron chi connectivity index (χ2n) is 3.85. The maximum atomic E-state index is 13.3. The van der Waals surface area contributed by atoms with Gasteiger partial charge in [-0.3, -0.25) is 5.32 Å². The van der Waals surface area contributed by atoms with Crippen LogP contribution >= 0.6 is 0 Å². The lowest BCUT2D eigenvalue weighted by Crippen LogP contribution is -2.08. The zero-order valence-electron chi connectivity index (χ0n) is 10.2. The average molecular weight is 261 g/mol. The molecule has 0 aliphatic rings. The molecular weight excluding hydrogens is 249 g/mol. The Kier molecular flexibility index (Phi) is 3.66. The van der Waals surface area contributed by atoms with Crippen molar-refractivity contribution in [3.8, 4) is 16.9 Å². The van der Waals surface area contributed by atoms with Crippen LogP contribution in [0.5, 0.6) is 5.75 Å². The summed E-state index contributed by atoms with van der Waals surface area (Å²) in [7, 11) is 1.51. The van der Waals surface area contributed by atoms with E-state index in [1.54, 1.807) is 30.3 Å². The van der Waals surface area contributed by atoms with Gasteiger partial charge in [0.05, 0.1) is 12.8 Å². The number of anilines is 1. The molecule has 1 amide bonds. The molecule has 0 fully saturated rings. The number of hydrogen-bond donors (Lipinski definition) is 2. The van der Waals surface area contributed by atoms with Crippen LogP contribution in [-0.4, -0.2) is 18.3 Å². The summed E-state index contributed by atoms with van der Waals surface area (Å²) in [5.41, 5.74) is 1.50. The van der Waals surface area contributed by atoms with Crippen molar-refractivity contribution in [1.29, 1.82) is 0 Å². The van der Waals surface area contributed by atoms with Crippen LogP contribution in [0, 0.1) is 5.82 Å². The molecule has 2 aromatic carbocycles. The van der Waals surface area contributed by atoms with Crippen LogP contribution in [0.25, 0.3) is 11.1 Å². The highest BCUT2D eigenvalue weighted by Crippen LogP contribution is 2.32. The molecule has 0 unspecified atom stereocenters. The third-order valence-corrected chi connectivity index (χ3v) is 2.60. The quantitative estimate of drug-likeness (QED) is 0.887. The predicted octanol–water partition coefficient (Wildman–Crippen LogP) is 3.59. The normalized spacial score (nSPS) is 10.0. The standard InChI is InChI=1S/C14H12FNO3/c1-19-11-5-6-13(16-14(17)18)12(8-11)9-3-2-4-10(15)7-9/h2-8,16H,1H3,(H,17,18). The van der Waals surface area contributed by atoms with Gasteiger partial charge in [0.15, 0.2) is 0 Å². The molecule has 0 aliphatic heterocycles. The predicted molar refractivity (Wildman–Crippen MR) is 70.0 cm³/mol. The summed E-state index contributed by atoms with van der Waals surface area (Å²) in [5.74, 6) is 0.178. The molecule has 0 aromatic heterocycles. The fraction of sp³-hybridized carbons (Fsp3) is 0.0714. The molecule has 2 N–H and O–H groups in total. The van der Waals surface area contributed by atoms with Crippen LogP contribution in [0.3, 0.4) is 0 Å². The summed E-state index contributed by atoms with van der Waals surface area (Å²) in [6, 6.07) is 10.8. The highest BCUT2D eigenvalue weighted by atomic mass is 19.1. The van der Waals surface area contributed by atoms with Crippen LogP contribution in [0.4, 0.5) is 14.9 Å². The Morgan fingerprint density at radius 3 is 2.68 bits per heavy atom. The van der Waals surface area contributed by atoms with E-state index in [9.17, 15) is 9.18 Å². The Balaban J connectivity index is 2.54. The molecule has 5 heteroatoms. The topological polar surface area (TPSA) is 58.6 Å². The molecule has 19 heavy (non-hydrogen) atoms. The van der Waals surface area contributed by atoms with Crippen molar-refractivity contribution >= 4 is 11.8 Å². The van der Waals surface area contributed by atoms with E-state index in [-0.39, 0.29) is 5.82 Å². The average Bonchev–Trinajstić information content (AvgIpc) is 2.38. The van der Waals surface area contributed by atoms with Gasteiger partial charge in [-0.05, 0) is 35.9 Å². The van der Waals surface area contributed by atoms with E-state index in [0.29, 0.717) is 22.6 Å². The summed E-state index contributed by atoms with van der Waals surface area (Å²) in [6.45, 7) is 0. The molecule has 0 saturated heterocycles. The minimum absolute atomic E-state index is 0.374. The van der Waals surface area contributed by atoms with E-state index in [4.69, 9.17) is 9.84 Å². The number of carboxylic acid groups (broad SMARTS) is 1. The second-order valence-corrected chi connectivity index (χ2v) is 3.85. The smallest absolute Gasteiger partial charge is 0.409 e. The first-order valence-electron chi connectivity index (χ1n) is 5.54. The van der Waals surface area contributed by atoms with Crippen molar-refractivity contribution in [2.75, 3.05) is 12.4 Å². The summed E-state index contributed by atoms with van der Waals surface area (Å²) in [6.07, 6.45) is -1.18. The number of benzene rings is 2. The summed E-state index contributed by atoms with van der Waals surface area (Å²) in [4.78, 5) is 10.8. The molecule has 0 radical (unpaired) electrons. The van der Waals surface area contributed by atoms with Crippen molar-refractivity contribution in [1.82, 2.24) is 0 Å². The molecule has 0 aliphatic carbocycles. The molecular formula is C14H12FNO3. The zero-order valence-corrected chi connectivity index (χ0v) is 10.2. The third kappa shape index (κ3) is 3.01. The van der Waals surface area contributed by atoms with Crippen molar-refractivity contribution in [3.63, 3.8) is 0 Å². The summed E-state index contributed by atoms with van der Waals surface area (Å²) in [5, 5.41) is 11.1. The van der Waals surface area contributed by atoms with Gasteiger partial charge in [0, 0.05) is 5.56 Å². The monoisotopic (exact) mass is 261 g/mol. The molecule has 0 heterocycles. The van der Waals surface area contributed by atoms with Crippen molar-refractivity contribution in [3.05, 3.63) is 48.3 Å². The van der Waals surface area contributed by atoms with E-state index >= 15 is 0 Å². The second kappa shape index (κ2) is 5.39. The number of nitrogens with one attached hydrogen (secondary N) is 1. The van der Waals surface area contributed by atoms with E-state index < -0.39 is 6.09 Å². The van der Waals surface area contributed by atoms with E-state index in [1.807, 2.05) is 0 Å². The maximum Gasteiger partial charge on any atom is 0.409 e. The van der Waals surface area contributed by atoms with Crippen LogP contribution in [0.2, 0.25) is 0 Å². The Morgan fingerprint density at radius 1 is 1.26 bits per heavy atom. The molecule has 98 valence electrons. The van der Waals surface area contributed by atoms with E-state index in [0.717, 1.165) is 0 Å². The van der Waals surface area contributed by atoms with Gasteiger partial charge in [0.25, 0.3) is 0 Å². The van der Waals surface area contributed by atoms with Crippen LogP contribution < -0.4 is 10.1 Å². The van der Waals surface area contributed by atoms with Gasteiger partial charge < -0.3 is 9.84 Å². The van der Waals surface area contributed by atoms with Gasteiger partial charge in [0.2, 0.25) is 0 Å². The van der Waals surface area contributed by atoms with Crippen LogP contribution in [-0.2, 0) is 0 Å². The lowest BCUT2D eigenvalue weighted by molar-refractivity contribution is 0.210. The number of amides is 1. The molecule has 0 saturated carbocycles. The number of ether oxygens (including phenoxy) is 1. The Morgan fingerprint density at radius 2 is 2.05 bits per heavy atom. The zero-order chi connectivity index (χ0) is 13.8. The summed E-state index contributed by atoms with van der Waals surface area (Å²) < 4.78 is 18.4. The number of carbonyl (C=O) groups is 1. The van der Waals surface area contributed by atoms with Crippen molar-refractivity contribution in [2.24, 2.45) is 0 Å². The van der Waals surface area contributed by atoms with Gasteiger partial charge >= 0.3 is 6.09 Å². The number of methoxy groups -OCH3 is 1. The van der Waals surface area contributed by atoms with Gasteiger partial charge in [-0.2, -0.15) is 0 Å². The van der Waals surface area contributed by atoms with Gasteiger partial charge in [-0.1, -0.05) is 12.1 Å². The van der Waals surface area contributed by atoms with Gasteiger partial charge in [0.1, 0.15) is 11.6 Å².